The van der Waals surface area contributed by atoms with Crippen LogP contribution < -0.4 is 5.73 Å². The molecule has 0 fully saturated rings. The summed E-state index contributed by atoms with van der Waals surface area (Å²) in [7, 11) is -3.54. The second kappa shape index (κ2) is 6.11. The Bertz CT molecular complexity index is 542. The summed E-state index contributed by atoms with van der Waals surface area (Å²) in [5.41, 5.74) is 5.98. The molecule has 4 nitrogen and oxygen atoms in total. The number of benzene rings is 1. The third kappa shape index (κ3) is 3.84. The maximum Gasteiger partial charge on any atom is 0.243 e. The molecule has 0 aliphatic carbocycles. The van der Waals surface area contributed by atoms with Crippen LogP contribution in [0, 0.1) is 5.92 Å². The first-order valence-corrected chi connectivity index (χ1v) is 8.05. The van der Waals surface area contributed by atoms with Crippen molar-refractivity contribution in [1.29, 1.82) is 0 Å². The fraction of sp³-hybridized carbons (Fsp3) is 0.538. The fourth-order valence-corrected chi connectivity index (χ4v) is 3.82. The smallest absolute Gasteiger partial charge is 0.243 e. The van der Waals surface area contributed by atoms with Crippen molar-refractivity contribution in [3.05, 3.63) is 23.2 Å². The molecule has 0 heterocycles. The topological polar surface area (TPSA) is 63.4 Å². The van der Waals surface area contributed by atoms with Gasteiger partial charge < -0.3 is 5.73 Å². The van der Waals surface area contributed by atoms with Crippen molar-refractivity contribution in [2.75, 3.05) is 12.3 Å². The molecule has 0 spiro atoms. The van der Waals surface area contributed by atoms with Gasteiger partial charge in [-0.05, 0) is 38.0 Å². The number of sulfonamides is 1. The van der Waals surface area contributed by atoms with Crippen molar-refractivity contribution in [3.63, 3.8) is 0 Å². The summed E-state index contributed by atoms with van der Waals surface area (Å²) in [4.78, 5) is 0.182. The van der Waals surface area contributed by atoms with Crippen LogP contribution in [0.1, 0.15) is 27.7 Å². The minimum Gasteiger partial charge on any atom is -0.398 e. The van der Waals surface area contributed by atoms with Gasteiger partial charge in [-0.3, -0.25) is 0 Å². The van der Waals surface area contributed by atoms with Crippen molar-refractivity contribution in [3.8, 4) is 0 Å². The standard InChI is InChI=1S/C13H21ClN2O2S/c1-9(2)8-16(10(3)4)19(17,18)11-5-6-13(15)12(14)7-11/h5-7,9-10H,8,15H2,1-4H3. The van der Waals surface area contributed by atoms with Crippen LogP contribution in [0.15, 0.2) is 23.1 Å². The lowest BCUT2D eigenvalue weighted by Crippen LogP contribution is -2.39. The van der Waals surface area contributed by atoms with E-state index in [4.69, 9.17) is 17.3 Å². The molecule has 19 heavy (non-hydrogen) atoms. The van der Waals surface area contributed by atoms with Crippen molar-refractivity contribution >= 4 is 27.3 Å². The van der Waals surface area contributed by atoms with Gasteiger partial charge in [0.15, 0.2) is 0 Å². The summed E-state index contributed by atoms with van der Waals surface area (Å²) in [5.74, 6) is 0.251. The van der Waals surface area contributed by atoms with E-state index < -0.39 is 10.0 Å². The average molecular weight is 305 g/mol. The lowest BCUT2D eigenvalue weighted by atomic mass is 10.2. The van der Waals surface area contributed by atoms with E-state index in [1.54, 1.807) is 0 Å². The number of halogens is 1. The number of nitrogens with zero attached hydrogens (tertiary/aromatic N) is 1. The molecule has 108 valence electrons. The monoisotopic (exact) mass is 304 g/mol. The molecule has 0 aliphatic rings. The van der Waals surface area contributed by atoms with E-state index in [0.717, 1.165) is 0 Å². The predicted molar refractivity (Wildman–Crippen MR) is 79.7 cm³/mol. The minimum absolute atomic E-state index is 0.108. The number of hydrogen-bond donors (Lipinski definition) is 1. The zero-order valence-corrected chi connectivity index (χ0v) is 13.3. The molecule has 6 heteroatoms. The largest absolute Gasteiger partial charge is 0.398 e. The quantitative estimate of drug-likeness (QED) is 0.851. The second-order valence-corrected chi connectivity index (χ2v) is 7.54. The molecular weight excluding hydrogens is 284 g/mol. The highest BCUT2D eigenvalue weighted by molar-refractivity contribution is 7.89. The summed E-state index contributed by atoms with van der Waals surface area (Å²) >= 11 is 5.90. The Kier molecular flexibility index (Phi) is 5.24. The van der Waals surface area contributed by atoms with E-state index in [1.165, 1.54) is 22.5 Å². The minimum atomic E-state index is -3.54. The third-order valence-corrected chi connectivity index (χ3v) is 5.06. The molecule has 2 N–H and O–H groups in total. The van der Waals surface area contributed by atoms with Crippen LogP contribution in [0.4, 0.5) is 5.69 Å². The molecule has 0 aliphatic heterocycles. The van der Waals surface area contributed by atoms with Crippen LogP contribution in [0.25, 0.3) is 0 Å². The Labute approximate surface area is 120 Å². The molecule has 1 rings (SSSR count). The molecule has 0 saturated heterocycles. The maximum absolute atomic E-state index is 12.6. The first kappa shape index (κ1) is 16.3. The van der Waals surface area contributed by atoms with Crippen LogP contribution in [0.3, 0.4) is 0 Å². The zero-order chi connectivity index (χ0) is 14.8. The van der Waals surface area contributed by atoms with Gasteiger partial charge in [-0.1, -0.05) is 25.4 Å². The summed E-state index contributed by atoms with van der Waals surface area (Å²) in [6.45, 7) is 8.17. The number of anilines is 1. The molecule has 0 aromatic heterocycles. The Hall–Kier alpha value is -0.780. The fourth-order valence-electron chi connectivity index (χ4n) is 1.75. The molecule has 0 amide bonds. The van der Waals surface area contributed by atoms with Gasteiger partial charge in [-0.15, -0.1) is 0 Å². The number of nitrogen functional groups attached to an aromatic ring is 1. The highest BCUT2D eigenvalue weighted by Gasteiger charge is 2.27. The summed E-state index contributed by atoms with van der Waals surface area (Å²) < 4.78 is 26.7. The summed E-state index contributed by atoms with van der Waals surface area (Å²) in [6, 6.07) is 4.31. The lowest BCUT2D eigenvalue weighted by molar-refractivity contribution is 0.319. The third-order valence-electron chi connectivity index (χ3n) is 2.70. The molecule has 0 unspecified atom stereocenters. The Morgan fingerprint density at radius 3 is 2.26 bits per heavy atom. The Morgan fingerprint density at radius 1 is 1.26 bits per heavy atom. The van der Waals surface area contributed by atoms with Crippen LogP contribution in [-0.4, -0.2) is 25.3 Å². The summed E-state index contributed by atoms with van der Waals surface area (Å²) in [6.07, 6.45) is 0. The molecule has 0 atom stereocenters. The van der Waals surface area contributed by atoms with Gasteiger partial charge in [0.25, 0.3) is 0 Å². The van der Waals surface area contributed by atoms with Gasteiger partial charge in [-0.25, -0.2) is 8.42 Å². The summed E-state index contributed by atoms with van der Waals surface area (Å²) in [5, 5.41) is 0.259. The normalized spacial score (nSPS) is 12.6. The molecule has 1 aromatic carbocycles. The van der Waals surface area contributed by atoms with Crippen molar-refractivity contribution in [2.24, 2.45) is 5.92 Å². The van der Waals surface area contributed by atoms with E-state index in [2.05, 4.69) is 0 Å². The Balaban J connectivity index is 3.22. The van der Waals surface area contributed by atoms with Crippen LogP contribution in [-0.2, 0) is 10.0 Å². The predicted octanol–water partition coefficient (Wildman–Crippen LogP) is 2.98. The van der Waals surface area contributed by atoms with E-state index in [1.807, 2.05) is 27.7 Å². The highest BCUT2D eigenvalue weighted by Crippen LogP contribution is 2.26. The molecular formula is C13H21ClN2O2S. The van der Waals surface area contributed by atoms with Crippen LogP contribution in [0.2, 0.25) is 5.02 Å². The number of hydrogen-bond acceptors (Lipinski definition) is 3. The van der Waals surface area contributed by atoms with E-state index in [0.29, 0.717) is 12.2 Å². The lowest BCUT2D eigenvalue weighted by Gasteiger charge is -2.27. The first-order valence-electron chi connectivity index (χ1n) is 6.23. The van der Waals surface area contributed by atoms with Gasteiger partial charge >= 0.3 is 0 Å². The zero-order valence-electron chi connectivity index (χ0n) is 11.7. The molecule has 0 radical (unpaired) electrons. The second-order valence-electron chi connectivity index (χ2n) is 5.25. The van der Waals surface area contributed by atoms with Gasteiger partial charge in [0.1, 0.15) is 0 Å². The van der Waals surface area contributed by atoms with Gasteiger partial charge in [0.2, 0.25) is 10.0 Å². The van der Waals surface area contributed by atoms with Gasteiger partial charge in [0.05, 0.1) is 15.6 Å². The molecule has 0 saturated carbocycles. The van der Waals surface area contributed by atoms with E-state index in [9.17, 15) is 8.42 Å². The molecule has 1 aromatic rings. The highest BCUT2D eigenvalue weighted by atomic mass is 35.5. The van der Waals surface area contributed by atoms with E-state index >= 15 is 0 Å². The first-order chi connectivity index (χ1) is 8.66. The van der Waals surface area contributed by atoms with Crippen LogP contribution >= 0.6 is 11.6 Å². The van der Waals surface area contributed by atoms with Crippen LogP contribution in [0.5, 0.6) is 0 Å². The average Bonchev–Trinajstić information content (AvgIpc) is 2.28. The maximum atomic E-state index is 12.6. The van der Waals surface area contributed by atoms with Crippen molar-refractivity contribution in [2.45, 2.75) is 38.6 Å². The van der Waals surface area contributed by atoms with Gasteiger partial charge in [-0.2, -0.15) is 4.31 Å². The van der Waals surface area contributed by atoms with E-state index in [-0.39, 0.29) is 21.9 Å². The van der Waals surface area contributed by atoms with Crippen molar-refractivity contribution < 1.29 is 8.42 Å². The number of rotatable bonds is 5. The SMILES string of the molecule is CC(C)CN(C(C)C)S(=O)(=O)c1ccc(N)c(Cl)c1. The molecule has 0 bridgehead atoms. The Morgan fingerprint density at radius 2 is 1.84 bits per heavy atom. The van der Waals surface area contributed by atoms with Gasteiger partial charge in [0, 0.05) is 12.6 Å². The van der Waals surface area contributed by atoms with Crippen molar-refractivity contribution in [1.82, 2.24) is 4.31 Å². The number of nitrogens with two attached hydrogens (primary N) is 1.